The van der Waals surface area contributed by atoms with Gasteiger partial charge in [0.1, 0.15) is 5.82 Å². The van der Waals surface area contributed by atoms with E-state index in [1.54, 1.807) is 12.4 Å². The Morgan fingerprint density at radius 1 is 1.07 bits per heavy atom. The Bertz CT molecular complexity index is 755. The average molecular weight is 382 g/mol. The third-order valence-corrected chi connectivity index (χ3v) is 5.25. The molecule has 0 saturated carbocycles. The maximum atomic E-state index is 12.5. The van der Waals surface area contributed by atoms with Crippen molar-refractivity contribution in [2.24, 2.45) is 0 Å². The summed E-state index contributed by atoms with van der Waals surface area (Å²) in [6, 6.07) is 9.70. The highest BCUT2D eigenvalue weighted by Gasteiger charge is 2.22. The molecule has 2 aliphatic rings. The largest absolute Gasteiger partial charge is 0.378 e. The van der Waals surface area contributed by atoms with Crippen molar-refractivity contribution >= 4 is 11.7 Å². The van der Waals surface area contributed by atoms with Crippen molar-refractivity contribution in [2.45, 2.75) is 25.6 Å². The molecule has 2 aromatic heterocycles. The second-order valence-corrected chi connectivity index (χ2v) is 7.13. The van der Waals surface area contributed by atoms with Crippen LogP contribution in [0, 0.1) is 0 Å². The van der Waals surface area contributed by atoms with Crippen LogP contribution in [0.1, 0.15) is 28.9 Å². The van der Waals surface area contributed by atoms with Crippen molar-refractivity contribution in [3.05, 3.63) is 54.0 Å². The summed E-state index contributed by atoms with van der Waals surface area (Å²) in [7, 11) is 0. The molecule has 1 amide bonds. The molecule has 2 saturated heterocycles. The van der Waals surface area contributed by atoms with Crippen molar-refractivity contribution in [3.63, 3.8) is 0 Å². The number of aromatic nitrogens is 2. The Kier molecular flexibility index (Phi) is 6.14. The molecule has 4 rings (SSSR count). The first-order valence-electron chi connectivity index (χ1n) is 9.89. The molecule has 0 aromatic carbocycles. The number of hydrogen-bond acceptors (Lipinski definition) is 6. The number of amides is 1. The second-order valence-electron chi connectivity index (χ2n) is 7.13. The average Bonchev–Trinajstić information content (AvgIpc) is 2.79. The van der Waals surface area contributed by atoms with E-state index in [1.165, 1.54) is 0 Å². The monoisotopic (exact) mass is 382 g/mol. The summed E-state index contributed by atoms with van der Waals surface area (Å²) in [5, 5.41) is 0. The van der Waals surface area contributed by atoms with E-state index in [0.717, 1.165) is 37.4 Å². The number of pyridine rings is 2. The van der Waals surface area contributed by atoms with Gasteiger partial charge in [-0.05, 0) is 37.1 Å². The van der Waals surface area contributed by atoms with Crippen LogP contribution in [-0.4, -0.2) is 66.3 Å². The summed E-state index contributed by atoms with van der Waals surface area (Å²) in [6.07, 6.45) is 5.66. The molecule has 28 heavy (non-hydrogen) atoms. The Balaban J connectivity index is 1.27. The fourth-order valence-corrected chi connectivity index (χ4v) is 3.59. The molecule has 7 heteroatoms. The minimum atomic E-state index is 0.0315. The van der Waals surface area contributed by atoms with Gasteiger partial charge < -0.3 is 19.3 Å². The van der Waals surface area contributed by atoms with Crippen molar-refractivity contribution in [3.8, 4) is 0 Å². The third-order valence-electron chi connectivity index (χ3n) is 5.25. The zero-order valence-corrected chi connectivity index (χ0v) is 16.0. The molecule has 0 radical (unpaired) electrons. The molecule has 0 aliphatic carbocycles. The lowest BCUT2D eigenvalue weighted by atomic mass is 10.1. The third kappa shape index (κ3) is 4.66. The van der Waals surface area contributed by atoms with Gasteiger partial charge in [-0.1, -0.05) is 6.07 Å². The molecule has 2 aliphatic heterocycles. The van der Waals surface area contributed by atoms with Gasteiger partial charge in [0.25, 0.3) is 5.91 Å². The number of piperidine rings is 1. The second kappa shape index (κ2) is 9.12. The van der Waals surface area contributed by atoms with Crippen molar-refractivity contribution in [1.29, 1.82) is 0 Å². The van der Waals surface area contributed by atoms with Crippen LogP contribution in [0.4, 0.5) is 5.82 Å². The molecular formula is C21H26N4O3. The Morgan fingerprint density at radius 3 is 2.57 bits per heavy atom. The van der Waals surface area contributed by atoms with E-state index in [4.69, 9.17) is 9.47 Å². The number of anilines is 1. The van der Waals surface area contributed by atoms with E-state index in [-0.39, 0.29) is 12.0 Å². The van der Waals surface area contributed by atoms with Crippen molar-refractivity contribution < 1.29 is 14.3 Å². The fraction of sp³-hybridized carbons (Fsp3) is 0.476. The number of carbonyl (C=O) groups excluding carboxylic acids is 1. The highest BCUT2D eigenvalue weighted by molar-refractivity contribution is 5.94. The van der Waals surface area contributed by atoms with Gasteiger partial charge in [-0.15, -0.1) is 0 Å². The minimum absolute atomic E-state index is 0.0315. The predicted molar refractivity (Wildman–Crippen MR) is 105 cm³/mol. The van der Waals surface area contributed by atoms with Crippen LogP contribution < -0.4 is 4.90 Å². The number of morpholine rings is 1. The number of nitrogens with zero attached hydrogens (tertiary/aromatic N) is 4. The van der Waals surface area contributed by atoms with Gasteiger partial charge >= 0.3 is 0 Å². The van der Waals surface area contributed by atoms with Crippen LogP contribution in [-0.2, 0) is 16.1 Å². The van der Waals surface area contributed by atoms with E-state index < -0.39 is 0 Å². The van der Waals surface area contributed by atoms with Gasteiger partial charge in [-0.25, -0.2) is 4.98 Å². The molecular weight excluding hydrogens is 356 g/mol. The van der Waals surface area contributed by atoms with Gasteiger partial charge in [0.05, 0.1) is 37.2 Å². The molecule has 2 fully saturated rings. The molecule has 2 aromatic rings. The van der Waals surface area contributed by atoms with Gasteiger partial charge in [-0.2, -0.15) is 0 Å². The Hall–Kier alpha value is -2.51. The maximum Gasteiger partial charge on any atom is 0.255 e. The highest BCUT2D eigenvalue weighted by atomic mass is 16.5. The first-order chi connectivity index (χ1) is 13.8. The van der Waals surface area contributed by atoms with Crippen LogP contribution in [0.25, 0.3) is 0 Å². The summed E-state index contributed by atoms with van der Waals surface area (Å²) in [6.45, 7) is 4.86. The van der Waals surface area contributed by atoms with Gasteiger partial charge in [0.2, 0.25) is 0 Å². The van der Waals surface area contributed by atoms with Crippen LogP contribution >= 0.6 is 0 Å². The van der Waals surface area contributed by atoms with E-state index in [2.05, 4.69) is 14.9 Å². The van der Waals surface area contributed by atoms with Crippen LogP contribution in [0.5, 0.6) is 0 Å². The predicted octanol–water partition coefficient (Wildman–Crippen LogP) is 2.13. The Morgan fingerprint density at radius 2 is 1.89 bits per heavy atom. The standard InChI is InChI=1S/C21H26N4O3/c26-21(25-11-13-27-14-12-25)17-4-5-20(23-15-17)24-9-6-19(7-10-24)28-16-18-3-1-2-8-22-18/h1-5,8,15,19H,6-7,9-14,16H2. The normalized spacial score (nSPS) is 18.3. The van der Waals surface area contributed by atoms with Crippen LogP contribution in [0.2, 0.25) is 0 Å². The first kappa shape index (κ1) is 18.8. The van der Waals surface area contributed by atoms with Crippen LogP contribution in [0.15, 0.2) is 42.7 Å². The summed E-state index contributed by atoms with van der Waals surface area (Å²) in [5.74, 6) is 0.950. The number of rotatable bonds is 5. The number of ether oxygens (including phenoxy) is 2. The number of carbonyl (C=O) groups is 1. The van der Waals surface area contributed by atoms with Crippen molar-refractivity contribution in [2.75, 3.05) is 44.3 Å². The minimum Gasteiger partial charge on any atom is -0.378 e. The molecule has 0 unspecified atom stereocenters. The molecule has 7 nitrogen and oxygen atoms in total. The molecule has 0 bridgehead atoms. The van der Waals surface area contributed by atoms with E-state index >= 15 is 0 Å². The van der Waals surface area contributed by atoms with Gasteiger partial charge in [0, 0.05) is 38.6 Å². The maximum absolute atomic E-state index is 12.5. The summed E-state index contributed by atoms with van der Waals surface area (Å²) < 4.78 is 11.3. The van der Waals surface area contributed by atoms with E-state index in [1.807, 2.05) is 35.2 Å². The van der Waals surface area contributed by atoms with Gasteiger partial charge in [0.15, 0.2) is 0 Å². The summed E-state index contributed by atoms with van der Waals surface area (Å²) in [4.78, 5) is 25.4. The molecule has 4 heterocycles. The highest BCUT2D eigenvalue weighted by Crippen LogP contribution is 2.21. The quantitative estimate of drug-likeness (QED) is 0.789. The zero-order chi connectivity index (χ0) is 19.2. The molecule has 0 atom stereocenters. The van der Waals surface area contributed by atoms with Crippen LogP contribution in [0.3, 0.4) is 0 Å². The number of hydrogen-bond donors (Lipinski definition) is 0. The summed E-state index contributed by atoms with van der Waals surface area (Å²) in [5.41, 5.74) is 1.60. The van der Waals surface area contributed by atoms with E-state index in [9.17, 15) is 4.79 Å². The molecule has 148 valence electrons. The van der Waals surface area contributed by atoms with Crippen molar-refractivity contribution in [1.82, 2.24) is 14.9 Å². The molecule has 0 N–H and O–H groups in total. The Labute approximate surface area is 165 Å². The molecule has 0 spiro atoms. The van der Waals surface area contributed by atoms with Gasteiger partial charge in [-0.3, -0.25) is 9.78 Å². The SMILES string of the molecule is O=C(c1ccc(N2CCC(OCc3ccccn3)CC2)nc1)N1CCOCC1. The van der Waals surface area contributed by atoms with E-state index in [0.29, 0.717) is 38.5 Å². The summed E-state index contributed by atoms with van der Waals surface area (Å²) >= 11 is 0. The topological polar surface area (TPSA) is 67.8 Å². The fourth-order valence-electron chi connectivity index (χ4n) is 3.59. The zero-order valence-electron chi connectivity index (χ0n) is 16.0. The lowest BCUT2D eigenvalue weighted by molar-refractivity contribution is 0.0234. The smallest absolute Gasteiger partial charge is 0.255 e. The first-order valence-corrected chi connectivity index (χ1v) is 9.89. The lowest BCUT2D eigenvalue weighted by Gasteiger charge is -2.32. The lowest BCUT2D eigenvalue weighted by Crippen LogP contribution is -2.40.